The van der Waals surface area contributed by atoms with Gasteiger partial charge in [-0.2, -0.15) is 0 Å². The normalized spacial score (nSPS) is 12.5. The summed E-state index contributed by atoms with van der Waals surface area (Å²) < 4.78 is 2.17. The Hall–Kier alpha value is -2.41. The van der Waals surface area contributed by atoms with E-state index in [-0.39, 0.29) is 11.8 Å². The molecule has 27 heavy (non-hydrogen) atoms. The number of carbonyl (C=O) groups excluding carboxylic acids is 2. The number of nitrogens with zero attached hydrogens (tertiary/aromatic N) is 2. The van der Waals surface area contributed by atoms with Gasteiger partial charge in [-0.05, 0) is 26.8 Å². The molecule has 2 amide bonds. The molecule has 0 aliphatic heterocycles. The van der Waals surface area contributed by atoms with Crippen molar-refractivity contribution in [3.05, 3.63) is 35.5 Å². The van der Waals surface area contributed by atoms with E-state index >= 15 is 0 Å². The number of thiazole rings is 1. The van der Waals surface area contributed by atoms with Crippen LogP contribution in [0.2, 0.25) is 0 Å². The van der Waals surface area contributed by atoms with Crippen LogP contribution in [0, 0.1) is 19.3 Å². The number of rotatable bonds is 6. The standard InChI is InChI=1S/C20H28N4O2S/c1-8-9-24-12(2)10-15(14(24)4)16-11-27-19(22-16)23-17(25)13(3)21-18(26)20(5,6)7/h8,10-11,13H,1,9H2,2-7H3,(H,21,26)(H,22,23,25). The molecule has 0 aliphatic rings. The Bertz CT molecular complexity index is 858. The van der Waals surface area contributed by atoms with Crippen LogP contribution < -0.4 is 10.6 Å². The van der Waals surface area contributed by atoms with Crippen molar-refractivity contribution in [2.24, 2.45) is 5.41 Å². The molecule has 0 saturated carbocycles. The zero-order chi connectivity index (χ0) is 20.4. The van der Waals surface area contributed by atoms with Crippen molar-refractivity contribution < 1.29 is 9.59 Å². The maximum absolute atomic E-state index is 12.4. The summed E-state index contributed by atoms with van der Waals surface area (Å²) in [6.45, 7) is 15.7. The van der Waals surface area contributed by atoms with Gasteiger partial charge >= 0.3 is 0 Å². The summed E-state index contributed by atoms with van der Waals surface area (Å²) in [6, 6.07) is 1.45. The van der Waals surface area contributed by atoms with Crippen LogP contribution in [-0.2, 0) is 16.1 Å². The number of amides is 2. The summed E-state index contributed by atoms with van der Waals surface area (Å²) in [5.41, 5.74) is 3.57. The Morgan fingerprint density at radius 3 is 2.63 bits per heavy atom. The first-order valence-electron chi connectivity index (χ1n) is 8.90. The Labute approximate surface area is 164 Å². The maximum Gasteiger partial charge on any atom is 0.248 e. The van der Waals surface area contributed by atoms with E-state index in [2.05, 4.69) is 39.8 Å². The average molecular weight is 389 g/mol. The molecule has 0 saturated heterocycles. The fourth-order valence-corrected chi connectivity index (χ4v) is 3.33. The average Bonchev–Trinajstić information content (AvgIpc) is 3.13. The van der Waals surface area contributed by atoms with Gasteiger partial charge in [-0.3, -0.25) is 9.59 Å². The molecule has 0 spiro atoms. The van der Waals surface area contributed by atoms with Crippen LogP contribution in [0.15, 0.2) is 24.1 Å². The van der Waals surface area contributed by atoms with Crippen molar-refractivity contribution in [2.45, 2.75) is 54.1 Å². The number of aryl methyl sites for hydroxylation is 1. The molecule has 0 fully saturated rings. The number of carbonyl (C=O) groups is 2. The van der Waals surface area contributed by atoms with Gasteiger partial charge in [-0.15, -0.1) is 17.9 Å². The van der Waals surface area contributed by atoms with E-state index in [9.17, 15) is 9.59 Å². The summed E-state index contributed by atoms with van der Waals surface area (Å²) in [5, 5.41) is 7.95. The first kappa shape index (κ1) is 20.9. The predicted molar refractivity (Wildman–Crippen MR) is 111 cm³/mol. The molecule has 1 atom stereocenters. The van der Waals surface area contributed by atoms with Gasteiger partial charge in [0.15, 0.2) is 5.13 Å². The van der Waals surface area contributed by atoms with E-state index < -0.39 is 11.5 Å². The number of hydrogen-bond donors (Lipinski definition) is 2. The minimum atomic E-state index is -0.637. The van der Waals surface area contributed by atoms with Gasteiger partial charge in [-0.1, -0.05) is 26.8 Å². The van der Waals surface area contributed by atoms with Gasteiger partial charge in [0, 0.05) is 34.3 Å². The Kier molecular flexibility index (Phi) is 6.26. The van der Waals surface area contributed by atoms with E-state index in [0.717, 1.165) is 29.2 Å². The minimum absolute atomic E-state index is 0.167. The second kappa shape index (κ2) is 8.08. The third-order valence-electron chi connectivity index (χ3n) is 4.32. The summed E-state index contributed by atoms with van der Waals surface area (Å²) >= 11 is 1.37. The molecule has 2 heterocycles. The maximum atomic E-state index is 12.4. The Morgan fingerprint density at radius 1 is 1.37 bits per heavy atom. The molecule has 7 heteroatoms. The van der Waals surface area contributed by atoms with Gasteiger partial charge < -0.3 is 15.2 Å². The molecular formula is C20H28N4O2S. The lowest BCUT2D eigenvalue weighted by atomic mass is 9.95. The third-order valence-corrected chi connectivity index (χ3v) is 5.08. The van der Waals surface area contributed by atoms with E-state index in [0.29, 0.717) is 5.13 Å². The molecule has 0 bridgehead atoms. The van der Waals surface area contributed by atoms with Crippen LogP contribution in [-0.4, -0.2) is 27.4 Å². The highest BCUT2D eigenvalue weighted by molar-refractivity contribution is 7.14. The zero-order valence-electron chi connectivity index (χ0n) is 16.8. The summed E-state index contributed by atoms with van der Waals surface area (Å²) in [6.07, 6.45) is 1.86. The molecule has 2 aromatic heterocycles. The lowest BCUT2D eigenvalue weighted by Crippen LogP contribution is -2.46. The number of hydrogen-bond acceptors (Lipinski definition) is 4. The number of allylic oxidation sites excluding steroid dienone is 1. The van der Waals surface area contributed by atoms with Crippen LogP contribution in [0.1, 0.15) is 39.1 Å². The van der Waals surface area contributed by atoms with Crippen molar-refractivity contribution in [1.82, 2.24) is 14.9 Å². The largest absolute Gasteiger partial charge is 0.345 e. The molecule has 2 rings (SSSR count). The molecule has 2 aromatic rings. The second-order valence-corrected chi connectivity index (χ2v) is 8.51. The highest BCUT2D eigenvalue weighted by atomic mass is 32.1. The number of anilines is 1. The van der Waals surface area contributed by atoms with E-state index in [1.807, 2.05) is 39.2 Å². The lowest BCUT2D eigenvalue weighted by molar-refractivity contribution is -0.131. The van der Waals surface area contributed by atoms with Crippen LogP contribution in [0.4, 0.5) is 5.13 Å². The van der Waals surface area contributed by atoms with Crippen molar-refractivity contribution in [3.63, 3.8) is 0 Å². The molecule has 0 aliphatic carbocycles. The predicted octanol–water partition coefficient (Wildman–Crippen LogP) is 3.90. The van der Waals surface area contributed by atoms with E-state index in [4.69, 9.17) is 0 Å². The summed E-state index contributed by atoms with van der Waals surface area (Å²) in [7, 11) is 0. The van der Waals surface area contributed by atoms with Crippen LogP contribution >= 0.6 is 11.3 Å². The minimum Gasteiger partial charge on any atom is -0.345 e. The second-order valence-electron chi connectivity index (χ2n) is 7.66. The van der Waals surface area contributed by atoms with Gasteiger partial charge in [0.2, 0.25) is 11.8 Å². The molecule has 2 N–H and O–H groups in total. The van der Waals surface area contributed by atoms with Crippen LogP contribution in [0.3, 0.4) is 0 Å². The Balaban J connectivity index is 2.10. The molecule has 146 valence electrons. The molecular weight excluding hydrogens is 360 g/mol. The number of nitrogens with one attached hydrogen (secondary N) is 2. The van der Waals surface area contributed by atoms with Crippen molar-refractivity contribution in [1.29, 1.82) is 0 Å². The topological polar surface area (TPSA) is 76.0 Å². The summed E-state index contributed by atoms with van der Waals surface area (Å²) in [5.74, 6) is -0.453. The first-order chi connectivity index (χ1) is 12.5. The molecule has 0 aromatic carbocycles. The van der Waals surface area contributed by atoms with E-state index in [1.165, 1.54) is 11.3 Å². The third kappa shape index (κ3) is 4.86. The van der Waals surface area contributed by atoms with Gasteiger partial charge in [0.1, 0.15) is 6.04 Å². The van der Waals surface area contributed by atoms with Crippen molar-refractivity contribution >= 4 is 28.3 Å². The highest BCUT2D eigenvalue weighted by Crippen LogP contribution is 2.30. The monoisotopic (exact) mass is 388 g/mol. The van der Waals surface area contributed by atoms with E-state index in [1.54, 1.807) is 6.92 Å². The van der Waals surface area contributed by atoms with Gasteiger partial charge in [0.25, 0.3) is 0 Å². The Morgan fingerprint density at radius 2 is 2.04 bits per heavy atom. The molecule has 1 unspecified atom stereocenters. The smallest absolute Gasteiger partial charge is 0.248 e. The fraction of sp³-hybridized carbons (Fsp3) is 0.450. The highest BCUT2D eigenvalue weighted by Gasteiger charge is 2.25. The zero-order valence-corrected chi connectivity index (χ0v) is 17.7. The quantitative estimate of drug-likeness (QED) is 0.737. The van der Waals surface area contributed by atoms with Crippen LogP contribution in [0.5, 0.6) is 0 Å². The molecule has 0 radical (unpaired) electrons. The van der Waals surface area contributed by atoms with Gasteiger partial charge in [-0.25, -0.2) is 4.98 Å². The summed E-state index contributed by atoms with van der Waals surface area (Å²) in [4.78, 5) is 28.9. The SMILES string of the molecule is C=CCn1c(C)cc(-c2csc(NC(=O)C(C)NC(=O)C(C)(C)C)n2)c1C. The van der Waals surface area contributed by atoms with Crippen LogP contribution in [0.25, 0.3) is 11.3 Å². The molecule has 6 nitrogen and oxygen atoms in total. The van der Waals surface area contributed by atoms with Crippen molar-refractivity contribution in [3.8, 4) is 11.3 Å². The first-order valence-corrected chi connectivity index (χ1v) is 9.78. The number of aromatic nitrogens is 2. The van der Waals surface area contributed by atoms with Crippen molar-refractivity contribution in [2.75, 3.05) is 5.32 Å². The lowest BCUT2D eigenvalue weighted by Gasteiger charge is -2.21. The van der Waals surface area contributed by atoms with Gasteiger partial charge in [0.05, 0.1) is 5.69 Å². The fourth-order valence-electron chi connectivity index (χ4n) is 2.62.